The SMILES string of the molecule is COc1cc(/C=C2\SC(N3CCOCC3)=NC2=O)ccc1OCc1ccccc1Cl. The van der Waals surface area contributed by atoms with Gasteiger partial charge < -0.3 is 19.1 Å². The third-order valence-electron chi connectivity index (χ3n) is 4.72. The maximum atomic E-state index is 12.3. The van der Waals surface area contributed by atoms with Gasteiger partial charge in [0.05, 0.1) is 25.2 Å². The highest BCUT2D eigenvalue weighted by Crippen LogP contribution is 2.34. The Kier molecular flexibility index (Phi) is 6.62. The van der Waals surface area contributed by atoms with Gasteiger partial charge in [-0.1, -0.05) is 35.9 Å². The molecule has 0 radical (unpaired) electrons. The number of ether oxygens (including phenoxy) is 3. The summed E-state index contributed by atoms with van der Waals surface area (Å²) in [5.41, 5.74) is 1.74. The number of benzene rings is 2. The molecule has 2 heterocycles. The van der Waals surface area contributed by atoms with E-state index >= 15 is 0 Å². The van der Waals surface area contributed by atoms with Crippen molar-refractivity contribution in [1.29, 1.82) is 0 Å². The minimum absolute atomic E-state index is 0.223. The smallest absolute Gasteiger partial charge is 0.286 e. The lowest BCUT2D eigenvalue weighted by atomic mass is 10.2. The summed E-state index contributed by atoms with van der Waals surface area (Å²) < 4.78 is 16.7. The third kappa shape index (κ3) is 4.80. The quantitative estimate of drug-likeness (QED) is 0.643. The molecule has 2 aromatic rings. The number of morpholine rings is 1. The molecule has 0 N–H and O–H groups in total. The first-order valence-corrected chi connectivity index (χ1v) is 10.7. The molecule has 0 aromatic heterocycles. The van der Waals surface area contributed by atoms with Crippen LogP contribution in [0, 0.1) is 0 Å². The molecule has 1 fully saturated rings. The van der Waals surface area contributed by atoms with Crippen LogP contribution in [0.2, 0.25) is 5.02 Å². The number of aliphatic imine (C=N–C) groups is 1. The largest absolute Gasteiger partial charge is 0.493 e. The van der Waals surface area contributed by atoms with Crippen LogP contribution in [-0.4, -0.2) is 49.4 Å². The maximum Gasteiger partial charge on any atom is 0.286 e. The molecule has 0 bridgehead atoms. The van der Waals surface area contributed by atoms with Crippen molar-refractivity contribution in [2.45, 2.75) is 6.61 Å². The van der Waals surface area contributed by atoms with Crippen molar-refractivity contribution in [3.8, 4) is 11.5 Å². The second kappa shape index (κ2) is 9.55. The van der Waals surface area contributed by atoms with Gasteiger partial charge in [-0.25, -0.2) is 0 Å². The number of thioether (sulfide) groups is 1. The zero-order valence-electron chi connectivity index (χ0n) is 16.5. The van der Waals surface area contributed by atoms with Gasteiger partial charge in [0.25, 0.3) is 5.91 Å². The molecule has 8 heteroatoms. The average molecular weight is 445 g/mol. The van der Waals surface area contributed by atoms with Gasteiger partial charge in [-0.05, 0) is 41.6 Å². The van der Waals surface area contributed by atoms with Crippen molar-refractivity contribution in [3.63, 3.8) is 0 Å². The summed E-state index contributed by atoms with van der Waals surface area (Å²) in [6.45, 7) is 3.14. The molecular formula is C22H21ClN2O4S. The highest BCUT2D eigenvalue weighted by atomic mass is 35.5. The van der Waals surface area contributed by atoms with Crippen LogP contribution < -0.4 is 9.47 Å². The van der Waals surface area contributed by atoms with E-state index in [0.29, 0.717) is 41.2 Å². The number of nitrogens with zero attached hydrogens (tertiary/aromatic N) is 2. The van der Waals surface area contributed by atoms with Gasteiger partial charge in [0, 0.05) is 23.7 Å². The van der Waals surface area contributed by atoms with Crippen molar-refractivity contribution < 1.29 is 19.0 Å². The fraction of sp³-hybridized carbons (Fsp3) is 0.273. The van der Waals surface area contributed by atoms with E-state index in [1.807, 2.05) is 48.5 Å². The highest BCUT2D eigenvalue weighted by Gasteiger charge is 2.27. The molecule has 30 heavy (non-hydrogen) atoms. The second-order valence-electron chi connectivity index (χ2n) is 6.70. The van der Waals surface area contributed by atoms with E-state index in [-0.39, 0.29) is 5.91 Å². The van der Waals surface area contributed by atoms with Crippen molar-refractivity contribution in [2.75, 3.05) is 33.4 Å². The summed E-state index contributed by atoms with van der Waals surface area (Å²) in [6.07, 6.45) is 1.82. The number of amides is 1. The van der Waals surface area contributed by atoms with Gasteiger partial charge in [0.1, 0.15) is 6.61 Å². The van der Waals surface area contributed by atoms with Gasteiger partial charge in [0.2, 0.25) is 0 Å². The molecular weight excluding hydrogens is 424 g/mol. The molecule has 1 amide bonds. The van der Waals surface area contributed by atoms with Crippen LogP contribution in [0.5, 0.6) is 11.5 Å². The lowest BCUT2D eigenvalue weighted by molar-refractivity contribution is -0.113. The number of halogens is 1. The van der Waals surface area contributed by atoms with Gasteiger partial charge in [0.15, 0.2) is 16.7 Å². The van der Waals surface area contributed by atoms with Crippen LogP contribution in [-0.2, 0) is 16.1 Å². The molecule has 0 spiro atoms. The van der Waals surface area contributed by atoms with Gasteiger partial charge in [-0.3, -0.25) is 4.79 Å². The summed E-state index contributed by atoms with van der Waals surface area (Å²) in [4.78, 5) is 19.2. The molecule has 0 unspecified atom stereocenters. The summed E-state index contributed by atoms with van der Waals surface area (Å²) in [5, 5.41) is 1.40. The van der Waals surface area contributed by atoms with Gasteiger partial charge in [-0.2, -0.15) is 4.99 Å². The molecule has 156 valence electrons. The fourth-order valence-corrected chi connectivity index (χ4v) is 4.26. The molecule has 2 aromatic carbocycles. The predicted molar refractivity (Wildman–Crippen MR) is 119 cm³/mol. The molecule has 4 rings (SSSR count). The number of methoxy groups -OCH3 is 1. The Morgan fingerprint density at radius 3 is 2.77 bits per heavy atom. The standard InChI is InChI=1S/C22H21ClN2O4S/c1-27-19-12-15(6-7-18(19)29-14-16-4-2-3-5-17(16)23)13-20-21(26)24-22(30-20)25-8-10-28-11-9-25/h2-7,12-13H,8-11,14H2,1H3/b20-13-. The average Bonchev–Trinajstić information content (AvgIpc) is 3.14. The first-order chi connectivity index (χ1) is 14.6. The van der Waals surface area contributed by atoms with E-state index < -0.39 is 0 Å². The Bertz CT molecular complexity index is 1000. The summed E-state index contributed by atoms with van der Waals surface area (Å²) in [7, 11) is 1.59. The van der Waals surface area contributed by atoms with Crippen molar-refractivity contribution in [1.82, 2.24) is 4.90 Å². The maximum absolute atomic E-state index is 12.3. The number of carbonyl (C=O) groups excluding carboxylic acids is 1. The molecule has 2 aliphatic heterocycles. The molecule has 2 aliphatic rings. The number of amidine groups is 1. The number of carbonyl (C=O) groups is 1. The van der Waals surface area contributed by atoms with E-state index in [1.165, 1.54) is 11.8 Å². The van der Waals surface area contributed by atoms with Crippen molar-refractivity contribution in [2.24, 2.45) is 4.99 Å². The Balaban J connectivity index is 1.46. The van der Waals surface area contributed by atoms with E-state index in [1.54, 1.807) is 7.11 Å². The molecule has 0 atom stereocenters. The van der Waals surface area contributed by atoms with Crippen LogP contribution in [0.15, 0.2) is 52.4 Å². The Morgan fingerprint density at radius 1 is 1.20 bits per heavy atom. The molecule has 0 saturated carbocycles. The predicted octanol–water partition coefficient (Wildman–Crippen LogP) is 4.23. The van der Waals surface area contributed by atoms with Crippen LogP contribution >= 0.6 is 23.4 Å². The Morgan fingerprint density at radius 2 is 2.00 bits per heavy atom. The van der Waals surface area contributed by atoms with Crippen LogP contribution in [0.1, 0.15) is 11.1 Å². The number of hydrogen-bond donors (Lipinski definition) is 0. The molecule has 1 saturated heterocycles. The fourth-order valence-electron chi connectivity index (χ4n) is 3.10. The summed E-state index contributed by atoms with van der Waals surface area (Å²) in [5.74, 6) is 0.968. The topological polar surface area (TPSA) is 60.4 Å². The Labute approximate surface area is 184 Å². The first-order valence-electron chi connectivity index (χ1n) is 9.53. The number of rotatable bonds is 5. The summed E-state index contributed by atoms with van der Waals surface area (Å²) in [6, 6.07) is 13.1. The summed E-state index contributed by atoms with van der Waals surface area (Å²) >= 11 is 7.58. The van der Waals surface area contributed by atoms with Crippen LogP contribution in [0.3, 0.4) is 0 Å². The van der Waals surface area contributed by atoms with E-state index in [9.17, 15) is 4.79 Å². The lowest BCUT2D eigenvalue weighted by Gasteiger charge is -2.27. The highest BCUT2D eigenvalue weighted by molar-refractivity contribution is 8.18. The van der Waals surface area contributed by atoms with Crippen molar-refractivity contribution >= 4 is 40.5 Å². The zero-order valence-corrected chi connectivity index (χ0v) is 18.0. The number of hydrogen-bond acceptors (Lipinski definition) is 6. The van der Waals surface area contributed by atoms with Crippen LogP contribution in [0.4, 0.5) is 0 Å². The zero-order chi connectivity index (χ0) is 20.9. The van der Waals surface area contributed by atoms with Crippen molar-refractivity contribution in [3.05, 3.63) is 63.5 Å². The lowest BCUT2D eigenvalue weighted by Crippen LogP contribution is -2.38. The van der Waals surface area contributed by atoms with Crippen LogP contribution in [0.25, 0.3) is 6.08 Å². The molecule has 0 aliphatic carbocycles. The van der Waals surface area contributed by atoms with Gasteiger partial charge in [-0.15, -0.1) is 0 Å². The molecule has 6 nitrogen and oxygen atoms in total. The normalized spacial score (nSPS) is 17.9. The minimum atomic E-state index is -0.223. The van der Waals surface area contributed by atoms with E-state index in [0.717, 1.165) is 29.4 Å². The van der Waals surface area contributed by atoms with Gasteiger partial charge >= 0.3 is 0 Å². The third-order valence-corrected chi connectivity index (χ3v) is 6.13. The second-order valence-corrected chi connectivity index (χ2v) is 8.12. The first kappa shape index (κ1) is 20.8. The van der Waals surface area contributed by atoms with E-state index in [2.05, 4.69) is 9.89 Å². The Hall–Kier alpha value is -2.48. The monoisotopic (exact) mass is 444 g/mol. The van der Waals surface area contributed by atoms with E-state index in [4.69, 9.17) is 25.8 Å². The minimum Gasteiger partial charge on any atom is -0.493 e.